The number of nitro benzene ring substituents is 1. The molecule has 0 bridgehead atoms. The number of benzene rings is 2. The Morgan fingerprint density at radius 1 is 1.19 bits per heavy atom. The van der Waals surface area contributed by atoms with E-state index in [1.807, 2.05) is 0 Å². The van der Waals surface area contributed by atoms with E-state index in [0.29, 0.717) is 16.6 Å². The number of nitrogens with zero attached hydrogens (tertiary/aromatic N) is 2. The fraction of sp³-hybridized carbons (Fsp3) is 0.0556. The highest BCUT2D eigenvalue weighted by molar-refractivity contribution is 6.07. The number of aromatic nitrogens is 1. The molecule has 3 aromatic rings. The standard InChI is InChI=1S/C18H13N3O6/c1-27-18(24)11-6-10-7-12(2-4-15(10)19-9-11)20-17(23)14-8-13(21(25)26)3-5-16(14)22/h2-9,22H,1H3,(H,20,23). The predicted octanol–water partition coefficient (Wildman–Crippen LogP) is 2.89. The average molecular weight is 367 g/mol. The molecule has 2 aromatic carbocycles. The smallest absolute Gasteiger partial charge is 0.339 e. The van der Waals surface area contributed by atoms with Crippen LogP contribution in [0.15, 0.2) is 48.7 Å². The Morgan fingerprint density at radius 3 is 2.67 bits per heavy atom. The van der Waals surface area contributed by atoms with Crippen molar-refractivity contribution in [3.63, 3.8) is 0 Å². The Kier molecular flexibility index (Phi) is 4.67. The van der Waals surface area contributed by atoms with E-state index < -0.39 is 16.8 Å². The molecule has 2 N–H and O–H groups in total. The number of non-ortho nitro benzene ring substituents is 1. The monoisotopic (exact) mass is 367 g/mol. The van der Waals surface area contributed by atoms with Crippen LogP contribution in [0.5, 0.6) is 5.75 Å². The number of anilines is 1. The number of nitrogens with one attached hydrogen (secondary N) is 1. The highest BCUT2D eigenvalue weighted by Gasteiger charge is 2.17. The number of fused-ring (bicyclic) bond motifs is 1. The van der Waals surface area contributed by atoms with Crippen molar-refractivity contribution in [1.82, 2.24) is 4.98 Å². The first-order chi connectivity index (χ1) is 12.9. The molecule has 0 radical (unpaired) electrons. The molecule has 0 spiro atoms. The number of rotatable bonds is 4. The van der Waals surface area contributed by atoms with Crippen molar-refractivity contribution in [2.75, 3.05) is 12.4 Å². The molecule has 0 fully saturated rings. The lowest BCUT2D eigenvalue weighted by molar-refractivity contribution is -0.384. The van der Waals surface area contributed by atoms with E-state index in [0.717, 1.165) is 18.2 Å². The van der Waals surface area contributed by atoms with Gasteiger partial charge in [-0.2, -0.15) is 0 Å². The molecule has 9 heteroatoms. The molecular formula is C18H13N3O6. The minimum atomic E-state index is -0.715. The van der Waals surface area contributed by atoms with Crippen molar-refractivity contribution in [3.05, 3.63) is 69.9 Å². The summed E-state index contributed by atoms with van der Waals surface area (Å²) >= 11 is 0. The molecule has 1 amide bonds. The first kappa shape index (κ1) is 17.8. The summed E-state index contributed by atoms with van der Waals surface area (Å²) in [5.41, 5.74) is 0.667. The second kappa shape index (κ2) is 7.08. The number of hydrogen-bond acceptors (Lipinski definition) is 7. The number of hydrogen-bond donors (Lipinski definition) is 2. The molecule has 9 nitrogen and oxygen atoms in total. The normalized spacial score (nSPS) is 10.4. The number of carbonyl (C=O) groups is 2. The Bertz CT molecular complexity index is 1080. The summed E-state index contributed by atoms with van der Waals surface area (Å²) in [4.78, 5) is 38.3. The Balaban J connectivity index is 1.92. The van der Waals surface area contributed by atoms with Gasteiger partial charge in [0.2, 0.25) is 0 Å². The molecule has 0 aliphatic rings. The van der Waals surface area contributed by atoms with Crippen molar-refractivity contribution in [1.29, 1.82) is 0 Å². The Morgan fingerprint density at radius 2 is 1.96 bits per heavy atom. The predicted molar refractivity (Wildman–Crippen MR) is 95.8 cm³/mol. The second-order valence-corrected chi connectivity index (χ2v) is 5.54. The Hall–Kier alpha value is -4.01. The highest BCUT2D eigenvalue weighted by atomic mass is 16.6. The molecule has 0 aliphatic heterocycles. The molecule has 0 aliphatic carbocycles. The largest absolute Gasteiger partial charge is 0.507 e. The summed E-state index contributed by atoms with van der Waals surface area (Å²) in [5, 5.41) is 23.8. The van der Waals surface area contributed by atoms with Gasteiger partial charge in [0.1, 0.15) is 5.75 Å². The molecule has 1 aromatic heterocycles. The summed E-state index contributed by atoms with van der Waals surface area (Å²) in [6.45, 7) is 0. The van der Waals surface area contributed by atoms with Crippen LogP contribution in [-0.2, 0) is 4.74 Å². The number of esters is 1. The maximum atomic E-state index is 12.4. The van der Waals surface area contributed by atoms with E-state index in [2.05, 4.69) is 15.0 Å². The third-order valence-corrected chi connectivity index (χ3v) is 3.80. The van der Waals surface area contributed by atoms with Crippen molar-refractivity contribution >= 4 is 34.2 Å². The molecule has 136 valence electrons. The summed E-state index contributed by atoms with van der Waals surface area (Å²) in [7, 11) is 1.26. The van der Waals surface area contributed by atoms with E-state index in [9.17, 15) is 24.8 Å². The van der Waals surface area contributed by atoms with Gasteiger partial charge in [0, 0.05) is 29.4 Å². The zero-order valence-electron chi connectivity index (χ0n) is 14.0. The number of ether oxygens (including phenoxy) is 1. The molecule has 0 unspecified atom stereocenters. The topological polar surface area (TPSA) is 132 Å². The number of amides is 1. The maximum Gasteiger partial charge on any atom is 0.339 e. The number of nitro groups is 1. The molecule has 0 atom stereocenters. The van der Waals surface area contributed by atoms with Crippen LogP contribution in [-0.4, -0.2) is 34.0 Å². The Labute approximate surface area is 152 Å². The third-order valence-electron chi connectivity index (χ3n) is 3.80. The lowest BCUT2D eigenvalue weighted by Crippen LogP contribution is -2.12. The van der Waals surface area contributed by atoms with Gasteiger partial charge in [-0.05, 0) is 30.3 Å². The molecule has 27 heavy (non-hydrogen) atoms. The first-order valence-electron chi connectivity index (χ1n) is 7.66. The van der Waals surface area contributed by atoms with Gasteiger partial charge in [-0.1, -0.05) is 0 Å². The lowest BCUT2D eigenvalue weighted by atomic mass is 10.1. The highest BCUT2D eigenvalue weighted by Crippen LogP contribution is 2.25. The zero-order chi connectivity index (χ0) is 19.6. The second-order valence-electron chi connectivity index (χ2n) is 5.54. The van der Waals surface area contributed by atoms with Gasteiger partial charge in [-0.3, -0.25) is 19.9 Å². The summed E-state index contributed by atoms with van der Waals surface area (Å²) in [6.07, 6.45) is 1.38. The van der Waals surface area contributed by atoms with Crippen molar-refractivity contribution < 1.29 is 24.4 Å². The average Bonchev–Trinajstić information content (AvgIpc) is 2.66. The van der Waals surface area contributed by atoms with E-state index in [1.54, 1.807) is 24.3 Å². The van der Waals surface area contributed by atoms with Crippen LogP contribution in [0.3, 0.4) is 0 Å². The lowest BCUT2D eigenvalue weighted by Gasteiger charge is -2.08. The van der Waals surface area contributed by atoms with Gasteiger partial charge >= 0.3 is 5.97 Å². The van der Waals surface area contributed by atoms with Crippen molar-refractivity contribution in [3.8, 4) is 5.75 Å². The summed E-state index contributed by atoms with van der Waals surface area (Å²) < 4.78 is 4.65. The van der Waals surface area contributed by atoms with Gasteiger partial charge in [0.25, 0.3) is 11.6 Å². The minimum absolute atomic E-state index is 0.231. The molecule has 1 heterocycles. The van der Waals surface area contributed by atoms with Crippen LogP contribution in [0.25, 0.3) is 10.9 Å². The number of carbonyl (C=O) groups excluding carboxylic acids is 2. The SMILES string of the molecule is COC(=O)c1cnc2ccc(NC(=O)c3cc([N+](=O)[O-])ccc3O)cc2c1. The van der Waals surface area contributed by atoms with Gasteiger partial charge in [0.15, 0.2) is 0 Å². The molecule has 0 saturated carbocycles. The van der Waals surface area contributed by atoms with Crippen LogP contribution in [0.2, 0.25) is 0 Å². The number of aromatic hydroxyl groups is 1. The number of phenolic OH excluding ortho intramolecular Hbond substituents is 1. The van der Waals surface area contributed by atoms with Gasteiger partial charge in [0.05, 0.1) is 28.7 Å². The number of pyridine rings is 1. The summed E-state index contributed by atoms with van der Waals surface area (Å²) in [5.74, 6) is -1.64. The van der Waals surface area contributed by atoms with Crippen LogP contribution >= 0.6 is 0 Å². The fourth-order valence-corrected chi connectivity index (χ4v) is 2.46. The van der Waals surface area contributed by atoms with E-state index in [1.165, 1.54) is 13.3 Å². The molecule has 0 saturated heterocycles. The van der Waals surface area contributed by atoms with Crippen LogP contribution in [0, 0.1) is 10.1 Å². The van der Waals surface area contributed by atoms with E-state index >= 15 is 0 Å². The van der Waals surface area contributed by atoms with Gasteiger partial charge in [-0.25, -0.2) is 4.79 Å². The quantitative estimate of drug-likeness (QED) is 0.412. The van der Waals surface area contributed by atoms with Crippen molar-refractivity contribution in [2.24, 2.45) is 0 Å². The van der Waals surface area contributed by atoms with Crippen molar-refractivity contribution in [2.45, 2.75) is 0 Å². The van der Waals surface area contributed by atoms with E-state index in [-0.39, 0.29) is 22.6 Å². The van der Waals surface area contributed by atoms with Gasteiger partial charge < -0.3 is 15.2 Å². The molecular weight excluding hydrogens is 354 g/mol. The minimum Gasteiger partial charge on any atom is -0.507 e. The van der Waals surface area contributed by atoms with Crippen LogP contribution < -0.4 is 5.32 Å². The number of methoxy groups -OCH3 is 1. The third kappa shape index (κ3) is 3.66. The van der Waals surface area contributed by atoms with Crippen LogP contribution in [0.1, 0.15) is 20.7 Å². The summed E-state index contributed by atoms with van der Waals surface area (Å²) in [6, 6.07) is 9.54. The zero-order valence-corrected chi connectivity index (χ0v) is 14.0. The van der Waals surface area contributed by atoms with E-state index in [4.69, 9.17) is 0 Å². The first-order valence-corrected chi connectivity index (χ1v) is 7.66. The van der Waals surface area contributed by atoms with Gasteiger partial charge in [-0.15, -0.1) is 0 Å². The fourth-order valence-electron chi connectivity index (χ4n) is 2.46. The van der Waals surface area contributed by atoms with Crippen LogP contribution in [0.4, 0.5) is 11.4 Å². The number of phenols is 1. The molecule has 3 rings (SSSR count). The maximum absolute atomic E-state index is 12.4.